The molecule has 180 valence electrons. The highest BCUT2D eigenvalue weighted by atomic mass is 16.2. The van der Waals surface area contributed by atoms with E-state index in [-0.39, 0.29) is 11.8 Å². The number of aromatic amines is 1. The molecule has 0 unspecified atom stereocenters. The van der Waals surface area contributed by atoms with E-state index < -0.39 is 0 Å². The van der Waals surface area contributed by atoms with Gasteiger partial charge in [0.1, 0.15) is 11.2 Å². The molecule has 0 atom stereocenters. The van der Waals surface area contributed by atoms with Crippen molar-refractivity contribution >= 4 is 33.8 Å². The summed E-state index contributed by atoms with van der Waals surface area (Å²) < 4.78 is 1.44. The van der Waals surface area contributed by atoms with Gasteiger partial charge in [-0.05, 0) is 37.1 Å². The van der Waals surface area contributed by atoms with E-state index in [9.17, 15) is 4.79 Å². The number of nitrogens with zero attached hydrogens (tertiary/aromatic N) is 7. The molecule has 1 saturated carbocycles. The second kappa shape index (κ2) is 8.19. The summed E-state index contributed by atoms with van der Waals surface area (Å²) in [5, 5.41) is 11.1. The van der Waals surface area contributed by atoms with E-state index in [4.69, 9.17) is 10.8 Å². The summed E-state index contributed by atoms with van der Waals surface area (Å²) in [6, 6.07) is 9.57. The Morgan fingerprint density at radius 2 is 1.86 bits per heavy atom. The van der Waals surface area contributed by atoms with Crippen LogP contribution in [-0.4, -0.2) is 45.7 Å². The van der Waals surface area contributed by atoms with E-state index >= 15 is 0 Å². The highest BCUT2D eigenvalue weighted by molar-refractivity contribution is 5.97. The van der Waals surface area contributed by atoms with Crippen LogP contribution in [0, 0.1) is 5.92 Å². The fraction of sp³-hybridized carbons (Fsp3) is 0.115. The minimum absolute atomic E-state index is 0.0331. The van der Waals surface area contributed by atoms with E-state index in [2.05, 4.69) is 35.5 Å². The number of imidazole rings is 1. The smallest absolute Gasteiger partial charge is 0.227 e. The van der Waals surface area contributed by atoms with Gasteiger partial charge in [0, 0.05) is 59.2 Å². The van der Waals surface area contributed by atoms with Crippen LogP contribution in [0.5, 0.6) is 0 Å². The number of fused-ring (bicyclic) bond motifs is 2. The zero-order chi connectivity index (χ0) is 24.9. The van der Waals surface area contributed by atoms with Crippen LogP contribution in [0.3, 0.4) is 0 Å². The molecule has 0 spiro atoms. The lowest BCUT2D eigenvalue weighted by Crippen LogP contribution is -2.13. The molecule has 1 fully saturated rings. The molecule has 1 amide bonds. The topological polar surface area (TPSA) is 153 Å². The van der Waals surface area contributed by atoms with E-state index in [0.29, 0.717) is 34.0 Å². The lowest BCUT2D eigenvalue weighted by atomic mass is 10.1. The number of hydrogen-bond donors (Lipinski definition) is 3. The summed E-state index contributed by atoms with van der Waals surface area (Å²) in [7, 11) is 0. The van der Waals surface area contributed by atoms with Crippen LogP contribution in [-0.2, 0) is 4.79 Å². The van der Waals surface area contributed by atoms with Crippen LogP contribution in [0.25, 0.3) is 56.0 Å². The minimum atomic E-state index is 0.0331. The van der Waals surface area contributed by atoms with Gasteiger partial charge in [-0.15, -0.1) is 0 Å². The molecular formula is C26H20N10O. The largest absolute Gasteiger partial charge is 0.336 e. The molecule has 1 aliphatic carbocycles. The maximum Gasteiger partial charge on any atom is 0.227 e. The quantitative estimate of drug-likeness (QED) is 0.311. The van der Waals surface area contributed by atoms with Gasteiger partial charge in [-0.1, -0.05) is 6.07 Å². The minimum Gasteiger partial charge on any atom is -0.336 e. The molecule has 6 aromatic rings. The number of aromatic nitrogens is 8. The standard InChI is InChI=1S/C26H20N10O/c27-36-24-21(19(5-7-30-24)15-2-1-6-28-10-15)33-25(36)22-20-9-17(12-31-23(20)35-34-22)16-8-18(13-29-11-16)32-26(37)14-3-4-14/h1-2,5-14H,3-4,27H2,(H,32,37)(H,31,34,35). The number of anilines is 1. The van der Waals surface area contributed by atoms with Crippen LogP contribution >= 0.6 is 0 Å². The van der Waals surface area contributed by atoms with Crippen molar-refractivity contribution in [3.63, 3.8) is 0 Å². The number of nitrogens with one attached hydrogen (secondary N) is 2. The van der Waals surface area contributed by atoms with E-state index in [1.54, 1.807) is 37.2 Å². The average Bonchev–Trinajstić information content (AvgIpc) is 3.63. The highest BCUT2D eigenvalue weighted by Crippen LogP contribution is 2.33. The Hall–Kier alpha value is -5.19. The van der Waals surface area contributed by atoms with E-state index in [0.717, 1.165) is 40.5 Å². The first-order chi connectivity index (χ1) is 18.2. The molecule has 0 aromatic carbocycles. The van der Waals surface area contributed by atoms with Gasteiger partial charge in [0.2, 0.25) is 5.91 Å². The summed E-state index contributed by atoms with van der Waals surface area (Å²) >= 11 is 0. The Kier molecular flexibility index (Phi) is 4.68. The first kappa shape index (κ1) is 21.1. The van der Waals surface area contributed by atoms with Gasteiger partial charge in [0.25, 0.3) is 0 Å². The van der Waals surface area contributed by atoms with Gasteiger partial charge in [0.15, 0.2) is 17.1 Å². The molecule has 0 radical (unpaired) electrons. The van der Waals surface area contributed by atoms with Crippen LogP contribution in [0.15, 0.2) is 67.5 Å². The van der Waals surface area contributed by atoms with Crippen LogP contribution < -0.4 is 11.2 Å². The molecule has 37 heavy (non-hydrogen) atoms. The Morgan fingerprint density at radius 1 is 1.00 bits per heavy atom. The van der Waals surface area contributed by atoms with Crippen molar-refractivity contribution in [1.82, 2.24) is 39.8 Å². The fourth-order valence-electron chi connectivity index (χ4n) is 4.40. The molecule has 1 aliphatic rings. The molecule has 11 heteroatoms. The maximum absolute atomic E-state index is 12.2. The number of carbonyl (C=O) groups is 1. The summed E-state index contributed by atoms with van der Waals surface area (Å²) in [6.45, 7) is 0. The van der Waals surface area contributed by atoms with Gasteiger partial charge in [-0.2, -0.15) is 5.10 Å². The van der Waals surface area contributed by atoms with Gasteiger partial charge >= 0.3 is 0 Å². The van der Waals surface area contributed by atoms with Crippen LogP contribution in [0.4, 0.5) is 5.69 Å². The lowest BCUT2D eigenvalue weighted by Gasteiger charge is -2.07. The van der Waals surface area contributed by atoms with Crippen LogP contribution in [0.1, 0.15) is 12.8 Å². The Labute approximate surface area is 209 Å². The van der Waals surface area contributed by atoms with E-state index in [1.165, 1.54) is 4.68 Å². The number of H-pyrrole nitrogens is 1. The van der Waals surface area contributed by atoms with Gasteiger partial charge < -0.3 is 11.2 Å². The molecule has 6 aromatic heterocycles. The SMILES string of the molecule is Nn1c(-c2n[nH]c3ncc(-c4cncc(NC(=O)C5CC5)c4)cc23)nc2c(-c3cccnc3)ccnc21. The number of carbonyl (C=O) groups excluding carboxylic acids is 1. The van der Waals surface area contributed by atoms with E-state index in [1.807, 2.05) is 30.3 Å². The first-order valence-corrected chi connectivity index (χ1v) is 11.8. The van der Waals surface area contributed by atoms with Crippen molar-refractivity contribution < 1.29 is 4.79 Å². The summed E-state index contributed by atoms with van der Waals surface area (Å²) in [6.07, 6.45) is 12.2. The van der Waals surface area contributed by atoms with Crippen molar-refractivity contribution in [3.8, 4) is 33.8 Å². The first-order valence-electron chi connectivity index (χ1n) is 11.8. The lowest BCUT2D eigenvalue weighted by molar-refractivity contribution is -0.117. The van der Waals surface area contributed by atoms with Crippen molar-refractivity contribution in [2.75, 3.05) is 11.2 Å². The predicted octanol–water partition coefficient (Wildman–Crippen LogP) is 3.56. The molecule has 7 rings (SSSR count). The molecule has 0 bridgehead atoms. The number of rotatable bonds is 5. The number of nitrogens with two attached hydrogens (primary N) is 1. The van der Waals surface area contributed by atoms with Crippen LogP contribution in [0.2, 0.25) is 0 Å². The highest BCUT2D eigenvalue weighted by Gasteiger charge is 2.29. The van der Waals surface area contributed by atoms with Crippen molar-refractivity contribution in [1.29, 1.82) is 0 Å². The summed E-state index contributed by atoms with van der Waals surface area (Å²) in [5.74, 6) is 7.06. The molecule has 0 saturated heterocycles. The molecule has 11 nitrogen and oxygen atoms in total. The molecule has 0 aliphatic heterocycles. The zero-order valence-corrected chi connectivity index (χ0v) is 19.5. The Bertz CT molecular complexity index is 1800. The third-order valence-electron chi connectivity index (χ3n) is 6.47. The van der Waals surface area contributed by atoms with Gasteiger partial charge in [-0.3, -0.25) is 19.9 Å². The monoisotopic (exact) mass is 488 g/mol. The van der Waals surface area contributed by atoms with Gasteiger partial charge in [-0.25, -0.2) is 19.6 Å². The Morgan fingerprint density at radius 3 is 2.70 bits per heavy atom. The maximum atomic E-state index is 12.2. The molecule has 4 N–H and O–H groups in total. The summed E-state index contributed by atoms with van der Waals surface area (Å²) in [5.41, 5.74) is 6.40. The van der Waals surface area contributed by atoms with Crippen molar-refractivity contribution in [2.24, 2.45) is 5.92 Å². The van der Waals surface area contributed by atoms with Gasteiger partial charge in [0.05, 0.1) is 17.3 Å². The number of amides is 1. The third-order valence-corrected chi connectivity index (χ3v) is 6.47. The normalized spacial score (nSPS) is 13.3. The Balaban J connectivity index is 1.31. The van der Waals surface area contributed by atoms with Crippen molar-refractivity contribution in [3.05, 3.63) is 67.5 Å². The second-order valence-electron chi connectivity index (χ2n) is 9.00. The average molecular weight is 489 g/mol. The fourth-order valence-corrected chi connectivity index (χ4v) is 4.40. The molecular weight excluding hydrogens is 468 g/mol. The second-order valence-corrected chi connectivity index (χ2v) is 9.00. The molecule has 6 heterocycles. The number of pyridine rings is 4. The third kappa shape index (κ3) is 3.64. The number of nitrogen functional groups attached to an aromatic ring is 1. The zero-order valence-electron chi connectivity index (χ0n) is 19.5. The number of hydrogen-bond acceptors (Lipinski definition) is 8. The predicted molar refractivity (Wildman–Crippen MR) is 138 cm³/mol. The van der Waals surface area contributed by atoms with Crippen molar-refractivity contribution in [2.45, 2.75) is 12.8 Å². The summed E-state index contributed by atoms with van der Waals surface area (Å²) in [4.78, 5) is 34.5.